The molecule has 0 aromatic rings. The Labute approximate surface area is 87.6 Å². The Morgan fingerprint density at radius 2 is 1.31 bits per heavy atom. The molecule has 0 aliphatic rings. The molecule has 16 heavy (non-hydrogen) atoms. The molecule has 0 aromatic carbocycles. The highest BCUT2D eigenvalue weighted by atomic mass is 19.4. The molecule has 0 aliphatic carbocycles. The van der Waals surface area contributed by atoms with Crippen molar-refractivity contribution in [2.45, 2.75) is 44.4 Å². The third kappa shape index (κ3) is 3.23. The number of ether oxygens (including phenoxy) is 1. The molecule has 1 unspecified atom stereocenters. The summed E-state index contributed by atoms with van der Waals surface area (Å²) >= 11 is 0. The summed E-state index contributed by atoms with van der Waals surface area (Å²) < 4.78 is 89.0. The first kappa shape index (κ1) is 15.5. The van der Waals surface area contributed by atoms with Crippen molar-refractivity contribution in [3.05, 3.63) is 0 Å². The second-order valence-corrected chi connectivity index (χ2v) is 3.33. The Hall–Kier alpha value is -0.530. The summed E-state index contributed by atoms with van der Waals surface area (Å²) in [6, 6.07) is 0. The predicted octanol–water partition coefficient (Wildman–Crippen LogP) is 3.63. The van der Waals surface area contributed by atoms with Crippen LogP contribution in [0.3, 0.4) is 0 Å². The van der Waals surface area contributed by atoms with Crippen molar-refractivity contribution in [3.8, 4) is 0 Å². The minimum absolute atomic E-state index is 0.186. The van der Waals surface area contributed by atoms with Gasteiger partial charge < -0.3 is 4.74 Å². The summed E-state index contributed by atoms with van der Waals surface area (Å²) in [5.41, 5.74) is -5.32. The zero-order valence-corrected chi connectivity index (χ0v) is 8.55. The highest BCUT2D eigenvalue weighted by Gasteiger charge is 2.72. The Balaban J connectivity index is 4.85. The van der Waals surface area contributed by atoms with Gasteiger partial charge in [0.2, 0.25) is 0 Å². The molecule has 0 heterocycles. The minimum atomic E-state index is -6.04. The zero-order valence-electron chi connectivity index (χ0n) is 8.55. The van der Waals surface area contributed by atoms with Gasteiger partial charge in [0.15, 0.2) is 0 Å². The van der Waals surface area contributed by atoms with Crippen LogP contribution >= 0.6 is 0 Å². The fourth-order valence-electron chi connectivity index (χ4n) is 0.699. The van der Waals surface area contributed by atoms with Crippen LogP contribution in [0.2, 0.25) is 0 Å². The van der Waals surface area contributed by atoms with Crippen LogP contribution in [0.15, 0.2) is 0 Å². The molecule has 0 saturated heterocycles. The van der Waals surface area contributed by atoms with Crippen LogP contribution in [0.1, 0.15) is 20.3 Å². The SMILES string of the molecule is CCC(C)OCC(F)(C(F)(F)F)C(F)(F)F. The van der Waals surface area contributed by atoms with Crippen molar-refractivity contribution in [3.63, 3.8) is 0 Å². The van der Waals surface area contributed by atoms with Crippen LogP contribution in [0.4, 0.5) is 30.7 Å². The lowest BCUT2D eigenvalue weighted by Crippen LogP contribution is -2.56. The topological polar surface area (TPSA) is 9.23 Å². The monoisotopic (exact) mass is 256 g/mol. The van der Waals surface area contributed by atoms with Gasteiger partial charge in [-0.3, -0.25) is 0 Å². The van der Waals surface area contributed by atoms with Gasteiger partial charge in [0.1, 0.15) is 0 Å². The minimum Gasteiger partial charge on any atom is -0.374 e. The Bertz CT molecular complexity index is 205. The number of hydrogen-bond acceptors (Lipinski definition) is 1. The van der Waals surface area contributed by atoms with E-state index in [0.29, 0.717) is 0 Å². The van der Waals surface area contributed by atoms with Gasteiger partial charge in [-0.1, -0.05) is 6.92 Å². The second kappa shape index (κ2) is 4.77. The quantitative estimate of drug-likeness (QED) is 0.698. The smallest absolute Gasteiger partial charge is 0.374 e. The fraction of sp³-hybridized carbons (Fsp3) is 1.00. The van der Waals surface area contributed by atoms with Crippen molar-refractivity contribution in [2.75, 3.05) is 6.61 Å². The first-order chi connectivity index (χ1) is 6.95. The lowest BCUT2D eigenvalue weighted by molar-refractivity contribution is -0.353. The first-order valence-electron chi connectivity index (χ1n) is 4.39. The number of rotatable bonds is 4. The van der Waals surface area contributed by atoms with Gasteiger partial charge in [-0.25, -0.2) is 4.39 Å². The molecular weight excluding hydrogens is 245 g/mol. The summed E-state index contributed by atoms with van der Waals surface area (Å²) in [5, 5.41) is 0. The Kier molecular flexibility index (Phi) is 4.61. The van der Waals surface area contributed by atoms with E-state index in [9.17, 15) is 30.7 Å². The van der Waals surface area contributed by atoms with Gasteiger partial charge in [-0.05, 0) is 13.3 Å². The zero-order chi connectivity index (χ0) is 13.2. The largest absolute Gasteiger partial charge is 0.433 e. The van der Waals surface area contributed by atoms with Crippen LogP contribution in [0.25, 0.3) is 0 Å². The van der Waals surface area contributed by atoms with E-state index in [1.165, 1.54) is 13.8 Å². The molecule has 0 bridgehead atoms. The molecule has 0 rings (SSSR count). The van der Waals surface area contributed by atoms with E-state index in [-0.39, 0.29) is 6.42 Å². The molecule has 1 nitrogen and oxygen atoms in total. The molecule has 0 fully saturated rings. The second-order valence-electron chi connectivity index (χ2n) is 3.33. The highest BCUT2D eigenvalue weighted by Crippen LogP contribution is 2.46. The van der Waals surface area contributed by atoms with E-state index in [1.54, 1.807) is 0 Å². The normalized spacial score (nSPS) is 16.3. The van der Waals surface area contributed by atoms with Crippen LogP contribution in [-0.4, -0.2) is 30.7 Å². The van der Waals surface area contributed by atoms with Gasteiger partial charge in [0.25, 0.3) is 0 Å². The molecule has 0 radical (unpaired) electrons. The summed E-state index contributed by atoms with van der Waals surface area (Å²) in [7, 11) is 0. The lowest BCUT2D eigenvalue weighted by Gasteiger charge is -2.30. The molecule has 0 amide bonds. The first-order valence-corrected chi connectivity index (χ1v) is 4.39. The third-order valence-corrected chi connectivity index (χ3v) is 2.04. The maximum atomic E-state index is 12.9. The highest BCUT2D eigenvalue weighted by molar-refractivity contribution is 4.94. The summed E-state index contributed by atoms with van der Waals surface area (Å²) in [6.07, 6.45) is -12.8. The van der Waals surface area contributed by atoms with E-state index < -0.39 is 30.7 Å². The van der Waals surface area contributed by atoms with Crippen LogP contribution in [0, 0.1) is 0 Å². The number of halogens is 7. The standard InChI is InChI=1S/C8H11F7O/c1-3-5(2)16-4-6(9,7(10,11)12)8(13,14)15/h5H,3-4H2,1-2H3. The molecule has 0 aromatic heterocycles. The molecule has 0 saturated carbocycles. The molecule has 0 N–H and O–H groups in total. The Morgan fingerprint density at radius 1 is 0.938 bits per heavy atom. The third-order valence-electron chi connectivity index (χ3n) is 2.04. The molecule has 8 heteroatoms. The average Bonchev–Trinajstić information content (AvgIpc) is 2.09. The van der Waals surface area contributed by atoms with Crippen molar-refractivity contribution in [1.29, 1.82) is 0 Å². The predicted molar refractivity (Wildman–Crippen MR) is 41.7 cm³/mol. The van der Waals surface area contributed by atoms with Gasteiger partial charge in [-0.2, -0.15) is 26.3 Å². The van der Waals surface area contributed by atoms with E-state index in [2.05, 4.69) is 4.74 Å². The average molecular weight is 256 g/mol. The summed E-state index contributed by atoms with van der Waals surface area (Å²) in [6.45, 7) is 0.675. The maximum Gasteiger partial charge on any atom is 0.433 e. The Morgan fingerprint density at radius 3 is 1.56 bits per heavy atom. The molecule has 98 valence electrons. The molecule has 0 spiro atoms. The van der Waals surface area contributed by atoms with Crippen LogP contribution < -0.4 is 0 Å². The molecular formula is C8H11F7O. The van der Waals surface area contributed by atoms with E-state index >= 15 is 0 Å². The number of alkyl halides is 7. The number of hydrogen-bond donors (Lipinski definition) is 0. The molecule has 0 aliphatic heterocycles. The van der Waals surface area contributed by atoms with Gasteiger partial charge in [0, 0.05) is 0 Å². The summed E-state index contributed by atoms with van der Waals surface area (Å²) in [5.74, 6) is 0. The fourth-order valence-corrected chi connectivity index (χ4v) is 0.699. The van der Waals surface area contributed by atoms with Crippen molar-refractivity contribution in [1.82, 2.24) is 0 Å². The summed E-state index contributed by atoms with van der Waals surface area (Å²) in [4.78, 5) is 0. The van der Waals surface area contributed by atoms with E-state index in [1.807, 2.05) is 0 Å². The van der Waals surface area contributed by atoms with Gasteiger partial charge >= 0.3 is 18.0 Å². The van der Waals surface area contributed by atoms with E-state index in [4.69, 9.17) is 0 Å². The molecule has 1 atom stereocenters. The van der Waals surface area contributed by atoms with Gasteiger partial charge in [0.05, 0.1) is 12.7 Å². The van der Waals surface area contributed by atoms with Crippen molar-refractivity contribution in [2.24, 2.45) is 0 Å². The van der Waals surface area contributed by atoms with Gasteiger partial charge in [-0.15, -0.1) is 0 Å². The van der Waals surface area contributed by atoms with Crippen LogP contribution in [-0.2, 0) is 4.74 Å². The van der Waals surface area contributed by atoms with E-state index in [0.717, 1.165) is 0 Å². The van der Waals surface area contributed by atoms with Crippen LogP contribution in [0.5, 0.6) is 0 Å². The van der Waals surface area contributed by atoms with Crippen molar-refractivity contribution >= 4 is 0 Å². The maximum absolute atomic E-state index is 12.9. The van der Waals surface area contributed by atoms with Crippen molar-refractivity contribution < 1.29 is 35.5 Å². The lowest BCUT2D eigenvalue weighted by atomic mass is 10.1.